The first-order valence-corrected chi connectivity index (χ1v) is 8.34. The van der Waals surface area contributed by atoms with Crippen molar-refractivity contribution in [1.82, 2.24) is 0 Å². The van der Waals surface area contributed by atoms with E-state index in [-0.39, 0.29) is 0 Å². The van der Waals surface area contributed by atoms with Gasteiger partial charge in [0.2, 0.25) is 5.69 Å². The molecule has 0 unspecified atom stereocenters. The molecule has 0 aliphatic carbocycles. The van der Waals surface area contributed by atoms with Crippen molar-refractivity contribution >= 4 is 31.5 Å². The maximum Gasteiger partial charge on any atom is 0.214 e. The molecule has 0 bridgehead atoms. The third kappa shape index (κ3) is 1.95. The Morgan fingerprint density at radius 2 is 1.73 bits per heavy atom. The van der Waals surface area contributed by atoms with E-state index in [2.05, 4.69) is 80.2 Å². The maximum absolute atomic E-state index is 2.28. The first-order valence-electron chi connectivity index (χ1n) is 7.52. The molecule has 0 amide bonds. The second-order valence-corrected chi connectivity index (χ2v) is 6.98. The number of pyridine rings is 1. The lowest BCUT2D eigenvalue weighted by molar-refractivity contribution is -0.660. The summed E-state index contributed by atoms with van der Waals surface area (Å²) < 4.78 is 4.97. The van der Waals surface area contributed by atoms with Crippen LogP contribution in [0.2, 0.25) is 0 Å². The number of hydrogen-bond acceptors (Lipinski definition) is 1. The summed E-state index contributed by atoms with van der Waals surface area (Å²) >= 11 is 1.90. The van der Waals surface area contributed by atoms with Gasteiger partial charge in [-0.05, 0) is 31.0 Å². The number of nitrogens with zero attached hydrogens (tertiary/aromatic N) is 1. The summed E-state index contributed by atoms with van der Waals surface area (Å²) in [4.78, 5) is 0. The molecule has 2 aromatic heterocycles. The molecular formula is C20H18NS+. The summed E-state index contributed by atoms with van der Waals surface area (Å²) in [6.07, 6.45) is 2.15. The second-order valence-electron chi connectivity index (χ2n) is 5.93. The van der Waals surface area contributed by atoms with Crippen LogP contribution in [0.4, 0.5) is 0 Å². The van der Waals surface area contributed by atoms with E-state index in [0.717, 1.165) is 0 Å². The third-order valence-corrected chi connectivity index (χ3v) is 5.52. The average Bonchev–Trinajstić information content (AvgIpc) is 2.88. The Morgan fingerprint density at radius 1 is 0.909 bits per heavy atom. The van der Waals surface area contributed by atoms with Gasteiger partial charge in [0.1, 0.15) is 7.05 Å². The summed E-state index contributed by atoms with van der Waals surface area (Å²) in [6, 6.07) is 17.6. The van der Waals surface area contributed by atoms with Crippen LogP contribution in [0.15, 0.2) is 54.7 Å². The first kappa shape index (κ1) is 13.5. The Labute approximate surface area is 134 Å². The molecule has 108 valence electrons. The van der Waals surface area contributed by atoms with E-state index in [1.165, 1.54) is 42.6 Å². The molecule has 0 saturated heterocycles. The number of rotatable bonds is 1. The highest BCUT2D eigenvalue weighted by molar-refractivity contribution is 7.26. The highest BCUT2D eigenvalue weighted by Gasteiger charge is 2.18. The standard InChI is InChI=1S/C20H18NS/c1-13-10-11-21(3)17(12-13)19-14(2)8-9-16-15-6-4-5-7-18(15)22-20(16)19/h4-12H,1-3H3/q+1. The van der Waals surface area contributed by atoms with Gasteiger partial charge in [0, 0.05) is 32.3 Å². The third-order valence-electron chi connectivity index (χ3n) is 4.32. The van der Waals surface area contributed by atoms with Crippen LogP contribution in [0.25, 0.3) is 31.4 Å². The number of benzene rings is 2. The van der Waals surface area contributed by atoms with Gasteiger partial charge in [-0.1, -0.05) is 30.3 Å². The van der Waals surface area contributed by atoms with Crippen LogP contribution in [-0.4, -0.2) is 0 Å². The van der Waals surface area contributed by atoms with E-state index in [0.29, 0.717) is 0 Å². The zero-order valence-electron chi connectivity index (χ0n) is 13.1. The van der Waals surface area contributed by atoms with E-state index >= 15 is 0 Å². The Morgan fingerprint density at radius 3 is 2.59 bits per heavy atom. The van der Waals surface area contributed by atoms with Gasteiger partial charge in [0.25, 0.3) is 0 Å². The smallest absolute Gasteiger partial charge is 0.201 e. The molecule has 0 radical (unpaired) electrons. The molecule has 0 fully saturated rings. The molecule has 4 aromatic rings. The lowest BCUT2D eigenvalue weighted by Crippen LogP contribution is -2.30. The summed E-state index contributed by atoms with van der Waals surface area (Å²) in [5.74, 6) is 0. The van der Waals surface area contributed by atoms with Crippen molar-refractivity contribution in [1.29, 1.82) is 0 Å². The zero-order chi connectivity index (χ0) is 15.3. The fourth-order valence-electron chi connectivity index (χ4n) is 3.13. The number of hydrogen-bond donors (Lipinski definition) is 0. The van der Waals surface area contributed by atoms with Crippen molar-refractivity contribution in [2.45, 2.75) is 13.8 Å². The summed E-state index contributed by atoms with van der Waals surface area (Å²) in [6.45, 7) is 4.37. The Bertz CT molecular complexity index is 1010. The minimum absolute atomic E-state index is 1.29. The molecule has 22 heavy (non-hydrogen) atoms. The van der Waals surface area contributed by atoms with Crippen molar-refractivity contribution < 1.29 is 4.57 Å². The second kappa shape index (κ2) is 4.92. The van der Waals surface area contributed by atoms with Crippen LogP contribution in [0.1, 0.15) is 11.1 Å². The fraction of sp³-hybridized carbons (Fsp3) is 0.150. The Balaban J connectivity index is 2.17. The van der Waals surface area contributed by atoms with E-state index in [1.807, 2.05) is 11.3 Å². The number of aromatic nitrogens is 1. The molecule has 4 rings (SSSR count). The average molecular weight is 304 g/mol. The van der Waals surface area contributed by atoms with Gasteiger partial charge in [0.05, 0.1) is 5.56 Å². The molecule has 0 aliphatic heterocycles. The molecule has 0 aliphatic rings. The predicted octanol–water partition coefficient (Wildman–Crippen LogP) is 5.16. The lowest BCUT2D eigenvalue weighted by atomic mass is 10.0. The maximum atomic E-state index is 2.28. The molecule has 0 saturated carbocycles. The van der Waals surface area contributed by atoms with Gasteiger partial charge in [-0.25, -0.2) is 4.57 Å². The molecule has 0 N–H and O–H groups in total. The van der Waals surface area contributed by atoms with Gasteiger partial charge in [0.15, 0.2) is 6.20 Å². The van der Waals surface area contributed by atoms with Gasteiger partial charge in [-0.2, -0.15) is 0 Å². The molecule has 0 atom stereocenters. The highest BCUT2D eigenvalue weighted by atomic mass is 32.1. The SMILES string of the molecule is Cc1cc[n+](C)c(-c2c(C)ccc3c2sc2ccccc23)c1. The van der Waals surface area contributed by atoms with E-state index < -0.39 is 0 Å². The summed E-state index contributed by atoms with van der Waals surface area (Å²) in [5.41, 5.74) is 5.28. The number of thiophene rings is 1. The molecular weight excluding hydrogens is 286 g/mol. The minimum atomic E-state index is 1.29. The van der Waals surface area contributed by atoms with Crippen LogP contribution in [0.3, 0.4) is 0 Å². The van der Waals surface area contributed by atoms with Crippen LogP contribution in [-0.2, 0) is 7.05 Å². The van der Waals surface area contributed by atoms with Gasteiger partial charge < -0.3 is 0 Å². The normalized spacial score (nSPS) is 11.4. The van der Waals surface area contributed by atoms with E-state index in [1.54, 1.807) is 0 Å². The quantitative estimate of drug-likeness (QED) is 0.427. The molecule has 0 spiro atoms. The van der Waals surface area contributed by atoms with Gasteiger partial charge in [-0.3, -0.25) is 0 Å². The van der Waals surface area contributed by atoms with Crippen molar-refractivity contribution in [3.63, 3.8) is 0 Å². The predicted molar refractivity (Wildman–Crippen MR) is 95.4 cm³/mol. The van der Waals surface area contributed by atoms with Crippen molar-refractivity contribution in [2.75, 3.05) is 0 Å². The highest BCUT2D eigenvalue weighted by Crippen LogP contribution is 2.40. The van der Waals surface area contributed by atoms with E-state index in [9.17, 15) is 0 Å². The fourth-order valence-corrected chi connectivity index (χ4v) is 4.44. The zero-order valence-corrected chi connectivity index (χ0v) is 13.9. The van der Waals surface area contributed by atoms with Crippen molar-refractivity contribution in [2.24, 2.45) is 7.05 Å². The Kier molecular flexibility index (Phi) is 3.02. The van der Waals surface area contributed by atoms with E-state index in [4.69, 9.17) is 0 Å². The van der Waals surface area contributed by atoms with Crippen LogP contribution >= 0.6 is 11.3 Å². The van der Waals surface area contributed by atoms with Crippen LogP contribution < -0.4 is 4.57 Å². The largest absolute Gasteiger partial charge is 0.214 e. The van der Waals surface area contributed by atoms with Crippen molar-refractivity contribution in [3.05, 3.63) is 65.9 Å². The molecule has 1 nitrogen and oxygen atoms in total. The monoisotopic (exact) mass is 304 g/mol. The summed E-state index contributed by atoms with van der Waals surface area (Å²) in [5, 5.41) is 2.72. The summed E-state index contributed by atoms with van der Waals surface area (Å²) in [7, 11) is 2.13. The molecule has 2 heteroatoms. The van der Waals surface area contributed by atoms with Gasteiger partial charge >= 0.3 is 0 Å². The van der Waals surface area contributed by atoms with Crippen molar-refractivity contribution in [3.8, 4) is 11.3 Å². The Hall–Kier alpha value is -2.19. The first-order chi connectivity index (χ1) is 10.6. The van der Waals surface area contributed by atoms with Crippen LogP contribution in [0, 0.1) is 13.8 Å². The number of aryl methyl sites for hydroxylation is 3. The topological polar surface area (TPSA) is 3.88 Å². The molecule has 2 aromatic carbocycles. The molecule has 2 heterocycles. The minimum Gasteiger partial charge on any atom is -0.201 e. The number of fused-ring (bicyclic) bond motifs is 3. The van der Waals surface area contributed by atoms with Crippen LogP contribution in [0.5, 0.6) is 0 Å². The van der Waals surface area contributed by atoms with Gasteiger partial charge in [-0.15, -0.1) is 11.3 Å². The lowest BCUT2D eigenvalue weighted by Gasteiger charge is -2.07.